The average molecular weight is 357 g/mol. The molecule has 25 heavy (non-hydrogen) atoms. The number of sulfone groups is 1. The van der Waals surface area contributed by atoms with E-state index in [1.165, 1.54) is 24.7 Å². The second kappa shape index (κ2) is 6.60. The Kier molecular flexibility index (Phi) is 4.50. The first kappa shape index (κ1) is 17.0. The van der Waals surface area contributed by atoms with Crippen molar-refractivity contribution in [3.63, 3.8) is 0 Å². The lowest BCUT2D eigenvalue weighted by molar-refractivity contribution is 0.601. The highest BCUT2D eigenvalue weighted by molar-refractivity contribution is 7.89. The minimum absolute atomic E-state index is 0.101. The summed E-state index contributed by atoms with van der Waals surface area (Å²) >= 11 is 0. The topological polar surface area (TPSA) is 85.9 Å². The van der Waals surface area contributed by atoms with E-state index >= 15 is 0 Å². The molecule has 2 aromatic carbocycles. The van der Waals surface area contributed by atoms with Crippen LogP contribution in [0.25, 0.3) is 22.4 Å². The first-order valence-corrected chi connectivity index (χ1v) is 9.53. The van der Waals surface area contributed by atoms with E-state index in [0.717, 1.165) is 0 Å². The molecule has 0 spiro atoms. The van der Waals surface area contributed by atoms with Crippen LogP contribution in [-0.4, -0.2) is 24.6 Å². The molecule has 0 bridgehead atoms. The summed E-state index contributed by atoms with van der Waals surface area (Å²) in [5, 5.41) is 0. The molecule has 0 fully saturated rings. The van der Waals surface area contributed by atoms with Crippen molar-refractivity contribution in [2.45, 2.75) is 5.75 Å². The first-order chi connectivity index (χ1) is 11.8. The van der Waals surface area contributed by atoms with E-state index in [1.54, 1.807) is 36.4 Å². The maximum absolute atomic E-state index is 14.6. The Balaban J connectivity index is 2.03. The number of aromatic nitrogens is 2. The number of nitrogen functional groups attached to an aromatic ring is 1. The maximum Gasteiger partial charge on any atom is 0.151 e. The molecule has 0 aliphatic carbocycles. The number of nitrogens with two attached hydrogens (primary N) is 1. The van der Waals surface area contributed by atoms with Crippen LogP contribution in [0.15, 0.2) is 54.9 Å². The van der Waals surface area contributed by atoms with Crippen LogP contribution in [-0.2, 0) is 15.6 Å². The van der Waals surface area contributed by atoms with E-state index in [4.69, 9.17) is 5.73 Å². The van der Waals surface area contributed by atoms with Gasteiger partial charge in [0.15, 0.2) is 9.84 Å². The molecule has 2 N–H and O–H groups in total. The number of benzene rings is 2. The molecule has 3 rings (SSSR count). The summed E-state index contributed by atoms with van der Waals surface area (Å²) in [6.45, 7) is 0. The van der Waals surface area contributed by atoms with Crippen LogP contribution in [0.1, 0.15) is 5.56 Å². The molecular weight excluding hydrogens is 341 g/mol. The van der Waals surface area contributed by atoms with E-state index in [-0.39, 0.29) is 11.6 Å². The lowest BCUT2D eigenvalue weighted by atomic mass is 9.98. The Hall–Kier alpha value is -2.80. The Morgan fingerprint density at radius 3 is 2.44 bits per heavy atom. The molecule has 3 aromatic rings. The van der Waals surface area contributed by atoms with Gasteiger partial charge in [0, 0.05) is 11.8 Å². The van der Waals surface area contributed by atoms with Crippen LogP contribution < -0.4 is 5.73 Å². The highest BCUT2D eigenvalue weighted by Crippen LogP contribution is 2.29. The van der Waals surface area contributed by atoms with Gasteiger partial charge in [0.2, 0.25) is 0 Å². The van der Waals surface area contributed by atoms with E-state index in [0.29, 0.717) is 27.9 Å². The van der Waals surface area contributed by atoms with Crippen LogP contribution >= 0.6 is 0 Å². The standard InChI is InChI=1S/C18H16FN3O2S/c1-25(23,24)11-13-4-2-3-5-14(13)12-6-7-15(16(19)8-12)17-9-22-18(20)10-21-17/h2-10H,11H2,1H3,(H2,20,22). The minimum atomic E-state index is -3.20. The molecule has 1 aromatic heterocycles. The predicted molar refractivity (Wildman–Crippen MR) is 95.8 cm³/mol. The fraction of sp³-hybridized carbons (Fsp3) is 0.111. The van der Waals surface area contributed by atoms with Gasteiger partial charge in [0.25, 0.3) is 0 Å². The molecule has 7 heteroatoms. The van der Waals surface area contributed by atoms with Gasteiger partial charge >= 0.3 is 0 Å². The minimum Gasteiger partial charge on any atom is -0.382 e. The third kappa shape index (κ3) is 4.00. The third-order valence-corrected chi connectivity index (χ3v) is 4.50. The molecule has 0 unspecified atom stereocenters. The lowest BCUT2D eigenvalue weighted by Crippen LogP contribution is -2.02. The smallest absolute Gasteiger partial charge is 0.151 e. The predicted octanol–water partition coefficient (Wildman–Crippen LogP) is 3.08. The normalized spacial score (nSPS) is 11.4. The summed E-state index contributed by atoms with van der Waals surface area (Å²) in [7, 11) is -3.20. The van der Waals surface area contributed by atoms with Gasteiger partial charge in [-0.05, 0) is 28.8 Å². The molecule has 0 atom stereocenters. The van der Waals surface area contributed by atoms with Crippen molar-refractivity contribution < 1.29 is 12.8 Å². The van der Waals surface area contributed by atoms with Gasteiger partial charge in [-0.3, -0.25) is 4.98 Å². The van der Waals surface area contributed by atoms with Crippen molar-refractivity contribution in [2.75, 3.05) is 12.0 Å². The van der Waals surface area contributed by atoms with Gasteiger partial charge in [-0.25, -0.2) is 17.8 Å². The van der Waals surface area contributed by atoms with Gasteiger partial charge in [0.1, 0.15) is 11.6 Å². The number of hydrogen-bond acceptors (Lipinski definition) is 5. The van der Waals surface area contributed by atoms with Crippen molar-refractivity contribution in [3.8, 4) is 22.4 Å². The summed E-state index contributed by atoms with van der Waals surface area (Å²) in [5.41, 5.74) is 8.09. The van der Waals surface area contributed by atoms with Crippen LogP contribution in [0.5, 0.6) is 0 Å². The van der Waals surface area contributed by atoms with Gasteiger partial charge in [-0.1, -0.05) is 30.3 Å². The zero-order valence-electron chi connectivity index (χ0n) is 13.5. The summed E-state index contributed by atoms with van der Waals surface area (Å²) < 4.78 is 37.8. The zero-order valence-corrected chi connectivity index (χ0v) is 14.3. The molecule has 0 radical (unpaired) electrons. The van der Waals surface area contributed by atoms with Crippen LogP contribution in [0.3, 0.4) is 0 Å². The van der Waals surface area contributed by atoms with Crippen LogP contribution in [0, 0.1) is 5.82 Å². The first-order valence-electron chi connectivity index (χ1n) is 7.47. The molecule has 0 aliphatic rings. The monoisotopic (exact) mass is 357 g/mol. The van der Waals surface area contributed by atoms with Crippen molar-refractivity contribution in [2.24, 2.45) is 0 Å². The Bertz CT molecular complexity index is 1020. The SMILES string of the molecule is CS(=O)(=O)Cc1ccccc1-c1ccc(-c2cnc(N)cn2)c(F)c1. The molecule has 0 saturated carbocycles. The van der Waals surface area contributed by atoms with Crippen molar-refractivity contribution in [3.05, 3.63) is 66.2 Å². The van der Waals surface area contributed by atoms with Gasteiger partial charge in [0.05, 0.1) is 23.8 Å². The molecule has 0 aliphatic heterocycles. The number of rotatable bonds is 4. The summed E-state index contributed by atoms with van der Waals surface area (Å²) in [4.78, 5) is 7.98. The van der Waals surface area contributed by atoms with Gasteiger partial charge in [-0.2, -0.15) is 0 Å². The molecule has 1 heterocycles. The fourth-order valence-corrected chi connectivity index (χ4v) is 3.39. The van der Waals surface area contributed by atoms with Gasteiger partial charge < -0.3 is 5.73 Å². The van der Waals surface area contributed by atoms with Crippen molar-refractivity contribution in [1.82, 2.24) is 9.97 Å². The second-order valence-electron chi connectivity index (χ2n) is 5.75. The van der Waals surface area contributed by atoms with Gasteiger partial charge in [-0.15, -0.1) is 0 Å². The molecule has 0 amide bonds. The van der Waals surface area contributed by atoms with Crippen molar-refractivity contribution in [1.29, 1.82) is 0 Å². The molecule has 128 valence electrons. The third-order valence-electron chi connectivity index (χ3n) is 3.66. The summed E-state index contributed by atoms with van der Waals surface area (Å²) in [6, 6.07) is 11.8. The fourth-order valence-electron chi connectivity index (χ4n) is 2.58. The van der Waals surface area contributed by atoms with Crippen LogP contribution in [0.4, 0.5) is 10.2 Å². The number of anilines is 1. The molecular formula is C18H16FN3O2S. The van der Waals surface area contributed by atoms with Crippen molar-refractivity contribution >= 4 is 15.7 Å². The molecule has 5 nitrogen and oxygen atoms in total. The average Bonchev–Trinajstić information content (AvgIpc) is 2.55. The van der Waals surface area contributed by atoms with E-state index < -0.39 is 15.7 Å². The molecule has 0 saturated heterocycles. The Labute approximate surface area is 145 Å². The number of halogens is 1. The highest BCUT2D eigenvalue weighted by atomic mass is 32.2. The quantitative estimate of drug-likeness (QED) is 0.775. The second-order valence-corrected chi connectivity index (χ2v) is 7.89. The number of hydrogen-bond donors (Lipinski definition) is 1. The largest absolute Gasteiger partial charge is 0.382 e. The number of nitrogens with zero attached hydrogens (tertiary/aromatic N) is 2. The Morgan fingerprint density at radius 2 is 1.80 bits per heavy atom. The van der Waals surface area contributed by atoms with E-state index in [1.807, 2.05) is 0 Å². The highest BCUT2D eigenvalue weighted by Gasteiger charge is 2.13. The lowest BCUT2D eigenvalue weighted by Gasteiger charge is -2.10. The zero-order chi connectivity index (χ0) is 18.0. The summed E-state index contributed by atoms with van der Waals surface area (Å²) in [5.74, 6) is -0.308. The summed E-state index contributed by atoms with van der Waals surface area (Å²) in [6.07, 6.45) is 3.95. The van der Waals surface area contributed by atoms with Crippen LogP contribution in [0.2, 0.25) is 0 Å². The maximum atomic E-state index is 14.6. The van der Waals surface area contributed by atoms with E-state index in [9.17, 15) is 12.8 Å². The van der Waals surface area contributed by atoms with E-state index in [2.05, 4.69) is 9.97 Å². The Morgan fingerprint density at radius 1 is 1.04 bits per heavy atom.